The van der Waals surface area contributed by atoms with Crippen molar-refractivity contribution < 1.29 is 33.8 Å². The lowest BCUT2D eigenvalue weighted by Gasteiger charge is -2.37. The number of amides is 3. The van der Waals surface area contributed by atoms with Crippen molar-refractivity contribution in [3.05, 3.63) is 85.5 Å². The van der Waals surface area contributed by atoms with E-state index in [9.17, 15) is 24.3 Å². The van der Waals surface area contributed by atoms with Gasteiger partial charge in [0, 0.05) is 48.8 Å². The van der Waals surface area contributed by atoms with Gasteiger partial charge >= 0.3 is 5.97 Å². The van der Waals surface area contributed by atoms with E-state index < -0.39 is 53.4 Å². The van der Waals surface area contributed by atoms with Gasteiger partial charge in [-0.1, -0.05) is 58.4 Å². The number of aliphatic hydroxyl groups excluding tert-OH is 1. The third-order valence-corrected chi connectivity index (χ3v) is 10.9. The van der Waals surface area contributed by atoms with Crippen LogP contribution in [-0.4, -0.2) is 95.7 Å². The number of anilines is 2. The Morgan fingerprint density at radius 2 is 1.78 bits per heavy atom. The van der Waals surface area contributed by atoms with Crippen molar-refractivity contribution in [3.8, 4) is 0 Å². The number of hydrogen-bond acceptors (Lipinski definition) is 8. The molecule has 12 heteroatoms. The number of halogens is 1. The fraction of sp³-hybridized carbons (Fsp3) is 0.474. The van der Waals surface area contributed by atoms with Crippen molar-refractivity contribution >= 4 is 51.0 Å². The highest BCUT2D eigenvalue weighted by molar-refractivity contribution is 9.09. The van der Waals surface area contributed by atoms with Gasteiger partial charge in [-0.25, -0.2) is 0 Å². The minimum Gasteiger partial charge on any atom is -0.463 e. The molecular weight excluding hydrogens is 704 g/mol. The summed E-state index contributed by atoms with van der Waals surface area (Å²) >= 11 is 3.72. The summed E-state index contributed by atoms with van der Waals surface area (Å²) in [6.07, 6.45) is 3.53. The lowest BCUT2D eigenvalue weighted by molar-refractivity contribution is -0.146. The minimum absolute atomic E-state index is 0.0983. The Morgan fingerprint density at radius 3 is 2.40 bits per heavy atom. The molecule has 3 heterocycles. The summed E-state index contributed by atoms with van der Waals surface area (Å²) in [7, 11) is 0. The maximum Gasteiger partial charge on any atom is 0.306 e. The van der Waals surface area contributed by atoms with Crippen LogP contribution in [0, 0.1) is 11.8 Å². The van der Waals surface area contributed by atoms with E-state index in [1.165, 1.54) is 4.90 Å². The molecule has 0 radical (unpaired) electrons. The van der Waals surface area contributed by atoms with Gasteiger partial charge in [0.15, 0.2) is 0 Å². The molecular formula is C38H47BrN4O7. The van der Waals surface area contributed by atoms with Crippen LogP contribution in [0.4, 0.5) is 11.4 Å². The van der Waals surface area contributed by atoms with Crippen LogP contribution >= 0.6 is 15.9 Å². The molecule has 11 nitrogen and oxygen atoms in total. The first-order valence-corrected chi connectivity index (χ1v) is 18.2. The molecule has 3 amide bonds. The number of nitrogens with zero attached hydrogens (tertiary/aromatic N) is 3. The minimum atomic E-state index is -1.32. The number of β-amino-alcohol motifs (C(OH)–C–C–N with tert-alkyl or cyclic N) is 1. The van der Waals surface area contributed by atoms with Crippen LogP contribution in [0.15, 0.2) is 79.9 Å². The molecule has 50 heavy (non-hydrogen) atoms. The highest BCUT2D eigenvalue weighted by atomic mass is 79.9. The van der Waals surface area contributed by atoms with Crippen molar-refractivity contribution in [2.75, 3.05) is 49.2 Å². The van der Waals surface area contributed by atoms with Crippen molar-refractivity contribution in [2.45, 2.75) is 61.7 Å². The van der Waals surface area contributed by atoms with E-state index in [0.29, 0.717) is 18.5 Å². The molecule has 3 aliphatic rings. The van der Waals surface area contributed by atoms with E-state index in [1.807, 2.05) is 54.6 Å². The SMILES string of the molecule is C=CCCC(=O)OC[C@@H](NC(=O)[C@@H]1[C@H]2O[C@@]3(CC2Br)[C@H](C(=O)N(CC=C)c2ccc(N(CC)CC)cc2)N(CCO)C(=O)[C@@H]13)c1ccccc1. The van der Waals surface area contributed by atoms with E-state index >= 15 is 0 Å². The van der Waals surface area contributed by atoms with Crippen molar-refractivity contribution in [3.63, 3.8) is 0 Å². The van der Waals surface area contributed by atoms with Gasteiger partial charge in [0.1, 0.15) is 18.2 Å². The molecule has 2 N–H and O–H groups in total. The van der Waals surface area contributed by atoms with Gasteiger partial charge in [-0.3, -0.25) is 19.2 Å². The van der Waals surface area contributed by atoms with Crippen molar-refractivity contribution in [1.29, 1.82) is 0 Å². The van der Waals surface area contributed by atoms with Gasteiger partial charge in [0.2, 0.25) is 11.8 Å². The predicted octanol–water partition coefficient (Wildman–Crippen LogP) is 4.16. The quantitative estimate of drug-likeness (QED) is 0.140. The van der Waals surface area contributed by atoms with E-state index in [0.717, 1.165) is 24.3 Å². The van der Waals surface area contributed by atoms with Crippen molar-refractivity contribution in [2.24, 2.45) is 11.8 Å². The fourth-order valence-corrected chi connectivity index (χ4v) is 8.67. The summed E-state index contributed by atoms with van der Waals surface area (Å²) < 4.78 is 12.2. The van der Waals surface area contributed by atoms with Gasteiger partial charge < -0.3 is 34.6 Å². The van der Waals surface area contributed by atoms with Crippen LogP contribution in [0.1, 0.15) is 44.7 Å². The second-order valence-corrected chi connectivity index (χ2v) is 14.0. The molecule has 268 valence electrons. The summed E-state index contributed by atoms with van der Waals surface area (Å²) in [5.74, 6) is -3.56. The van der Waals surface area contributed by atoms with Crippen molar-refractivity contribution in [1.82, 2.24) is 10.2 Å². The molecule has 2 aromatic rings. The van der Waals surface area contributed by atoms with Gasteiger partial charge in [-0.15, -0.1) is 13.2 Å². The molecule has 0 saturated carbocycles. The summed E-state index contributed by atoms with van der Waals surface area (Å²) in [5, 5.41) is 13.1. The Kier molecular flexibility index (Phi) is 12.2. The van der Waals surface area contributed by atoms with Crippen LogP contribution in [-0.2, 0) is 28.7 Å². The normalized spacial score (nSPS) is 25.5. The Balaban J connectivity index is 1.45. The first kappa shape index (κ1) is 37.3. The smallest absolute Gasteiger partial charge is 0.306 e. The van der Waals surface area contributed by atoms with E-state index in [1.54, 1.807) is 17.1 Å². The number of aliphatic hydroxyl groups is 1. The number of nitrogens with one attached hydrogen (secondary N) is 1. The topological polar surface area (TPSA) is 129 Å². The second-order valence-electron chi connectivity index (χ2n) is 12.8. The zero-order chi connectivity index (χ0) is 36.0. The van der Waals surface area contributed by atoms with Gasteiger partial charge in [-0.2, -0.15) is 0 Å². The van der Waals surface area contributed by atoms with E-state index in [4.69, 9.17) is 9.47 Å². The number of ether oxygens (including phenoxy) is 2. The Labute approximate surface area is 302 Å². The number of carbonyl (C=O) groups is 4. The molecule has 1 spiro atoms. The van der Waals surface area contributed by atoms with Crippen LogP contribution in [0.2, 0.25) is 0 Å². The Bertz CT molecular complexity index is 1550. The largest absolute Gasteiger partial charge is 0.463 e. The number of alkyl halides is 1. The zero-order valence-electron chi connectivity index (χ0n) is 28.7. The summed E-state index contributed by atoms with van der Waals surface area (Å²) in [5.41, 5.74) is 1.07. The number of rotatable bonds is 17. The molecule has 1 unspecified atom stereocenters. The average molecular weight is 752 g/mol. The summed E-state index contributed by atoms with van der Waals surface area (Å²) in [4.78, 5) is 60.6. The monoisotopic (exact) mass is 750 g/mol. The maximum absolute atomic E-state index is 14.7. The van der Waals surface area contributed by atoms with Gasteiger partial charge in [0.25, 0.3) is 5.91 Å². The lowest BCUT2D eigenvalue weighted by Crippen LogP contribution is -2.57. The molecule has 2 bridgehead atoms. The third kappa shape index (κ3) is 7.11. The molecule has 3 fully saturated rings. The molecule has 3 aliphatic heterocycles. The van der Waals surface area contributed by atoms with Crippen LogP contribution in [0.25, 0.3) is 0 Å². The third-order valence-electron chi connectivity index (χ3n) is 10.0. The average Bonchev–Trinajstić information content (AvgIpc) is 3.72. The maximum atomic E-state index is 14.7. The second kappa shape index (κ2) is 16.3. The van der Waals surface area contributed by atoms with E-state index in [2.05, 4.69) is 53.2 Å². The number of benzene rings is 2. The van der Waals surface area contributed by atoms with Gasteiger partial charge in [0.05, 0.1) is 30.6 Å². The molecule has 3 saturated heterocycles. The van der Waals surface area contributed by atoms with Crippen LogP contribution in [0.5, 0.6) is 0 Å². The highest BCUT2D eigenvalue weighted by Crippen LogP contribution is 2.60. The number of esters is 1. The number of allylic oxidation sites excluding steroid dienone is 1. The molecule has 5 rings (SSSR count). The number of likely N-dealkylation sites (tertiary alicyclic amines) is 1. The summed E-state index contributed by atoms with van der Waals surface area (Å²) in [6.45, 7) is 13.0. The van der Waals surface area contributed by atoms with Gasteiger partial charge in [-0.05, 0) is 56.5 Å². The Morgan fingerprint density at radius 1 is 1.10 bits per heavy atom. The fourth-order valence-electron chi connectivity index (χ4n) is 7.73. The number of fused-ring (bicyclic) bond motifs is 1. The van der Waals surface area contributed by atoms with Crippen LogP contribution in [0.3, 0.4) is 0 Å². The lowest BCUT2D eigenvalue weighted by atomic mass is 9.70. The zero-order valence-corrected chi connectivity index (χ0v) is 30.3. The number of hydrogen-bond donors (Lipinski definition) is 2. The standard InChI is InChI=1S/C38H47BrN4O7/c1-5-9-15-30(45)49-24-29(25-13-11-10-12-14-25)40-35(46)31-32-36(47)43(21-22-44)34(38(32)23-28(39)33(31)50-38)37(48)42(20-6-2)27-18-16-26(17-19-27)41(7-3)8-4/h5-6,10-14,16-19,28-29,31-34,44H,1-2,7-9,15,20-24H2,3-4H3,(H,40,46)/t28?,29-,31+,32-,33+,34+,38-/m1/s1. The first-order chi connectivity index (χ1) is 24.1. The molecule has 0 aliphatic carbocycles. The molecule has 2 aromatic carbocycles. The number of carbonyl (C=O) groups excluding carboxylic acids is 4. The molecule has 7 atom stereocenters. The van der Waals surface area contributed by atoms with Crippen LogP contribution < -0.4 is 15.1 Å². The highest BCUT2D eigenvalue weighted by Gasteiger charge is 2.76. The van der Waals surface area contributed by atoms with E-state index in [-0.39, 0.29) is 43.5 Å². The Hall–Kier alpha value is -4.00. The predicted molar refractivity (Wildman–Crippen MR) is 195 cm³/mol. The first-order valence-electron chi connectivity index (χ1n) is 17.3. The summed E-state index contributed by atoms with van der Waals surface area (Å²) in [6, 6.07) is 15.1. The molecule has 0 aromatic heterocycles.